The number of unbranched alkanes of at least 4 members (excludes halogenated alkanes) is 10. The van der Waals surface area contributed by atoms with Gasteiger partial charge in [-0.15, -0.1) is 0 Å². The molecule has 2 rings (SSSR count). The molecule has 0 bridgehead atoms. The number of carbonyl (C=O) groups is 3. The van der Waals surface area contributed by atoms with Crippen LogP contribution in [0.15, 0.2) is 22.5 Å². The molecule has 3 unspecified atom stereocenters. The summed E-state index contributed by atoms with van der Waals surface area (Å²) in [4.78, 5) is 33.4. The fourth-order valence-electron chi connectivity index (χ4n) is 4.44. The van der Waals surface area contributed by atoms with Crippen LogP contribution in [-0.2, 0) is 48.7 Å². The standard InChI is InChI=1S/C20H38O7S.C7H9N3O4S.CH3.Na/c1-3-5-7-9-11-13-15-26-19(21)17-18(28(23,24)25)20(22)27-16-14-12-10-8-6-4-2;8-15(12,13)7(2-3-9-10-7)5-1-4-14-6(5)11;;/h18H,3-17H2,1-2H3,(H,23,24,25);2-3,5H,1,4H2,(H2,8,12,13);1H3;/q;;-1;+1. The number of sulfonamides is 1. The summed E-state index contributed by atoms with van der Waals surface area (Å²) in [6.07, 6.45) is 14.1. The van der Waals surface area contributed by atoms with E-state index in [1.807, 2.05) is 0 Å². The first-order valence-electron chi connectivity index (χ1n) is 14.9. The molecule has 1 saturated heterocycles. The normalized spacial score (nSPS) is 19.4. The molecule has 17 heteroatoms. The van der Waals surface area contributed by atoms with Gasteiger partial charge in [-0.1, -0.05) is 78.1 Å². The van der Waals surface area contributed by atoms with Gasteiger partial charge in [-0.25, -0.2) is 13.6 Å². The van der Waals surface area contributed by atoms with E-state index >= 15 is 0 Å². The van der Waals surface area contributed by atoms with Crippen molar-refractivity contribution in [3.63, 3.8) is 0 Å². The zero-order chi connectivity index (χ0) is 32.4. The molecular formula is C28H50N3NaO11S2. The minimum Gasteiger partial charge on any atom is -0.466 e. The second kappa shape index (κ2) is 23.8. The summed E-state index contributed by atoms with van der Waals surface area (Å²) in [5.74, 6) is -3.43. The Bertz CT molecular complexity index is 1150. The molecule has 2 aliphatic heterocycles. The summed E-state index contributed by atoms with van der Waals surface area (Å²) >= 11 is 0. The van der Waals surface area contributed by atoms with Crippen molar-refractivity contribution in [2.75, 3.05) is 19.8 Å². The van der Waals surface area contributed by atoms with Crippen LogP contribution in [0.2, 0.25) is 0 Å². The molecule has 0 radical (unpaired) electrons. The van der Waals surface area contributed by atoms with Gasteiger partial charge >= 0.3 is 47.5 Å². The van der Waals surface area contributed by atoms with E-state index in [2.05, 4.69) is 24.1 Å². The Labute approximate surface area is 290 Å². The maximum absolute atomic E-state index is 12.0. The average Bonchev–Trinajstić information content (AvgIpc) is 3.60. The van der Waals surface area contributed by atoms with E-state index in [0.717, 1.165) is 57.8 Å². The number of cyclic esters (lactones) is 1. The number of carbonyl (C=O) groups excluding carboxylic acids is 3. The molecule has 0 aromatic rings. The minimum atomic E-state index is -4.73. The Hall–Kier alpha value is -1.43. The van der Waals surface area contributed by atoms with Crippen LogP contribution in [0.3, 0.4) is 0 Å². The molecule has 45 heavy (non-hydrogen) atoms. The van der Waals surface area contributed by atoms with Crippen molar-refractivity contribution in [3.8, 4) is 0 Å². The number of ether oxygens (including phenoxy) is 3. The van der Waals surface area contributed by atoms with Gasteiger partial charge in [-0.05, 0) is 25.3 Å². The van der Waals surface area contributed by atoms with E-state index in [4.69, 9.17) is 19.3 Å². The van der Waals surface area contributed by atoms with Gasteiger partial charge in [0.25, 0.3) is 10.1 Å². The minimum absolute atomic E-state index is 0. The van der Waals surface area contributed by atoms with Gasteiger partial charge in [0.05, 0.1) is 26.2 Å². The predicted octanol–water partition coefficient (Wildman–Crippen LogP) is 1.41. The average molecular weight is 692 g/mol. The predicted molar refractivity (Wildman–Crippen MR) is 164 cm³/mol. The van der Waals surface area contributed by atoms with Crippen LogP contribution >= 0.6 is 0 Å². The second-order valence-corrected chi connectivity index (χ2v) is 13.8. The van der Waals surface area contributed by atoms with Crippen molar-refractivity contribution in [1.82, 2.24) is 0 Å². The summed E-state index contributed by atoms with van der Waals surface area (Å²) in [5.41, 5.74) is 0. The van der Waals surface area contributed by atoms with E-state index in [-0.39, 0.29) is 63.2 Å². The molecule has 3 atom stereocenters. The molecule has 14 nitrogen and oxygen atoms in total. The number of hydrogen-bond acceptors (Lipinski definition) is 12. The van der Waals surface area contributed by atoms with Crippen molar-refractivity contribution in [2.24, 2.45) is 21.3 Å². The first kappa shape index (κ1) is 45.7. The first-order valence-corrected chi connectivity index (χ1v) is 17.9. The molecule has 3 N–H and O–H groups in total. The van der Waals surface area contributed by atoms with E-state index in [1.54, 1.807) is 0 Å². The number of hydrogen-bond donors (Lipinski definition) is 2. The third-order valence-electron chi connectivity index (χ3n) is 6.96. The summed E-state index contributed by atoms with van der Waals surface area (Å²) in [6.45, 7) is 4.69. The summed E-state index contributed by atoms with van der Waals surface area (Å²) in [7, 11) is -8.76. The van der Waals surface area contributed by atoms with Gasteiger partial charge in [0.2, 0.25) is 14.9 Å². The SMILES string of the molecule is CCCCCCCCOC(=O)CC(C(=O)OCCCCCCCC)S(=O)(=O)O.NS(=O)(=O)C1(C2CCOC2=O)C=CN=N1.[CH3-].[Na+]. The molecule has 0 aliphatic carbocycles. The molecule has 256 valence electrons. The third kappa shape index (κ3) is 16.8. The fraction of sp³-hybridized carbons (Fsp3) is 0.786. The molecule has 0 aromatic carbocycles. The summed E-state index contributed by atoms with van der Waals surface area (Å²) in [6, 6.07) is 0. The van der Waals surface area contributed by atoms with Crippen LogP contribution < -0.4 is 34.7 Å². The van der Waals surface area contributed by atoms with Crippen molar-refractivity contribution >= 4 is 38.0 Å². The van der Waals surface area contributed by atoms with Gasteiger partial charge in [-0.3, -0.25) is 18.9 Å². The number of rotatable bonds is 20. The van der Waals surface area contributed by atoms with Crippen molar-refractivity contribution < 1.29 is 79.5 Å². The zero-order valence-electron chi connectivity index (χ0n) is 27.1. The van der Waals surface area contributed by atoms with Crippen LogP contribution in [0, 0.1) is 13.3 Å². The Kier molecular flexibility index (Phi) is 24.2. The topological polar surface area (TPSA) is 218 Å². The van der Waals surface area contributed by atoms with Crippen LogP contribution in [0.1, 0.15) is 104 Å². The molecule has 0 aromatic heterocycles. The van der Waals surface area contributed by atoms with E-state index < -0.39 is 60.5 Å². The molecule has 2 heterocycles. The molecule has 0 amide bonds. The van der Waals surface area contributed by atoms with E-state index in [1.165, 1.54) is 18.7 Å². The second-order valence-electron chi connectivity index (χ2n) is 10.5. The van der Waals surface area contributed by atoms with E-state index in [9.17, 15) is 35.8 Å². The van der Waals surface area contributed by atoms with Crippen LogP contribution in [-0.4, -0.2) is 69.2 Å². The molecule has 1 fully saturated rings. The Morgan fingerprint density at radius 1 is 0.978 bits per heavy atom. The smallest absolute Gasteiger partial charge is 0.466 e. The zero-order valence-corrected chi connectivity index (χ0v) is 30.8. The molecule has 0 saturated carbocycles. The van der Waals surface area contributed by atoms with Crippen molar-refractivity contribution in [2.45, 2.75) is 114 Å². The van der Waals surface area contributed by atoms with Gasteiger partial charge in [0, 0.05) is 6.20 Å². The monoisotopic (exact) mass is 691 g/mol. The third-order valence-corrected chi connectivity index (χ3v) is 9.45. The Morgan fingerprint density at radius 3 is 1.91 bits per heavy atom. The molecule has 0 spiro atoms. The van der Waals surface area contributed by atoms with Crippen LogP contribution in [0.5, 0.6) is 0 Å². The van der Waals surface area contributed by atoms with Crippen molar-refractivity contribution in [3.05, 3.63) is 19.7 Å². The Morgan fingerprint density at radius 2 is 1.49 bits per heavy atom. The number of azo groups is 1. The number of primary sulfonamides is 1. The van der Waals surface area contributed by atoms with Crippen LogP contribution in [0.4, 0.5) is 0 Å². The van der Waals surface area contributed by atoms with Gasteiger partial charge in [0.1, 0.15) is 5.92 Å². The first-order chi connectivity index (χ1) is 20.3. The summed E-state index contributed by atoms with van der Waals surface area (Å²) in [5, 5.41) is 10.2. The molecular weight excluding hydrogens is 641 g/mol. The number of esters is 3. The van der Waals surface area contributed by atoms with E-state index in [0.29, 0.717) is 12.8 Å². The van der Waals surface area contributed by atoms with Crippen LogP contribution in [0.25, 0.3) is 0 Å². The number of nitrogens with two attached hydrogens (primary N) is 1. The summed E-state index contributed by atoms with van der Waals surface area (Å²) < 4.78 is 69.7. The number of nitrogens with zero attached hydrogens (tertiary/aromatic N) is 2. The largest absolute Gasteiger partial charge is 1.00 e. The van der Waals surface area contributed by atoms with Gasteiger partial charge in [-0.2, -0.15) is 18.6 Å². The van der Waals surface area contributed by atoms with Gasteiger partial charge < -0.3 is 21.6 Å². The Balaban J connectivity index is 0. The quantitative estimate of drug-likeness (QED) is 0.0464. The van der Waals surface area contributed by atoms with Crippen molar-refractivity contribution in [1.29, 1.82) is 0 Å². The fourth-order valence-corrected chi connectivity index (χ4v) is 6.12. The maximum atomic E-state index is 12.0. The molecule has 2 aliphatic rings. The van der Waals surface area contributed by atoms with Gasteiger partial charge in [0.15, 0.2) is 5.25 Å². The maximum Gasteiger partial charge on any atom is 1.00 e.